The molecule has 1 unspecified atom stereocenters. The molecule has 0 amide bonds. The molecular weight excluding hydrogens is 304 g/mol. The second-order valence-electron chi connectivity index (χ2n) is 5.22. The third-order valence-electron chi connectivity index (χ3n) is 3.85. The van der Waals surface area contributed by atoms with Gasteiger partial charge in [-0.05, 0) is 24.5 Å². The van der Waals surface area contributed by atoms with Crippen LogP contribution >= 0.6 is 11.6 Å². The van der Waals surface area contributed by atoms with Gasteiger partial charge < -0.3 is 9.15 Å². The van der Waals surface area contributed by atoms with Crippen molar-refractivity contribution in [3.05, 3.63) is 58.0 Å². The van der Waals surface area contributed by atoms with Crippen LogP contribution in [0.5, 0.6) is 0 Å². The number of benzene rings is 1. The molecule has 5 heteroatoms. The Morgan fingerprint density at radius 3 is 2.86 bits per heavy atom. The van der Waals surface area contributed by atoms with Crippen LogP contribution in [-0.4, -0.2) is 18.4 Å². The van der Waals surface area contributed by atoms with Crippen molar-refractivity contribution in [1.82, 2.24) is 0 Å². The van der Waals surface area contributed by atoms with Crippen LogP contribution < -0.4 is 0 Å². The van der Waals surface area contributed by atoms with Gasteiger partial charge in [0, 0.05) is 17.9 Å². The van der Waals surface area contributed by atoms with Gasteiger partial charge in [0.15, 0.2) is 5.78 Å². The molecule has 0 radical (unpaired) electrons. The van der Waals surface area contributed by atoms with E-state index in [4.69, 9.17) is 20.8 Å². The first-order valence-corrected chi connectivity index (χ1v) is 7.54. The van der Waals surface area contributed by atoms with Gasteiger partial charge >= 0.3 is 5.97 Å². The molecule has 1 aliphatic rings. The van der Waals surface area contributed by atoms with Crippen LogP contribution in [0, 0.1) is 0 Å². The largest absolute Gasteiger partial charge is 0.468 e. The Kier molecular flexibility index (Phi) is 4.03. The molecule has 0 N–H and O–H groups in total. The number of hydrogen-bond donors (Lipinski definition) is 0. The van der Waals surface area contributed by atoms with Crippen LogP contribution in [-0.2, 0) is 11.2 Å². The highest BCUT2D eigenvalue weighted by Gasteiger charge is 2.34. The summed E-state index contributed by atoms with van der Waals surface area (Å²) in [6.45, 7) is 1.98. The van der Waals surface area contributed by atoms with Gasteiger partial charge in [-0.25, -0.2) is 4.79 Å². The molecule has 3 rings (SSSR count). The molecular formula is C17H15ClO4. The van der Waals surface area contributed by atoms with E-state index in [1.165, 1.54) is 6.26 Å². The topological polar surface area (TPSA) is 56.5 Å². The second-order valence-corrected chi connectivity index (χ2v) is 5.63. The van der Waals surface area contributed by atoms with Crippen molar-refractivity contribution >= 4 is 23.4 Å². The minimum atomic E-state index is -0.517. The summed E-state index contributed by atoms with van der Waals surface area (Å²) in [7, 11) is 0. The van der Waals surface area contributed by atoms with E-state index in [2.05, 4.69) is 0 Å². The van der Waals surface area contributed by atoms with Crippen molar-refractivity contribution in [3.8, 4) is 0 Å². The lowest BCUT2D eigenvalue weighted by Crippen LogP contribution is -2.20. The number of rotatable bonds is 3. The van der Waals surface area contributed by atoms with Crippen LogP contribution in [0.2, 0.25) is 5.02 Å². The third-order valence-corrected chi connectivity index (χ3v) is 4.19. The fraction of sp³-hybridized carbons (Fsp3) is 0.294. The van der Waals surface area contributed by atoms with Crippen molar-refractivity contribution < 1.29 is 18.7 Å². The molecule has 22 heavy (non-hydrogen) atoms. The lowest BCUT2D eigenvalue weighted by molar-refractivity contribution is 0.0522. The lowest BCUT2D eigenvalue weighted by atomic mass is 9.82. The Morgan fingerprint density at radius 1 is 1.36 bits per heavy atom. The van der Waals surface area contributed by atoms with E-state index in [9.17, 15) is 9.59 Å². The first-order valence-electron chi connectivity index (χ1n) is 7.17. The smallest absolute Gasteiger partial charge is 0.342 e. The Labute approximate surface area is 133 Å². The van der Waals surface area contributed by atoms with Crippen LogP contribution in [0.25, 0.3) is 0 Å². The number of furan rings is 1. The summed E-state index contributed by atoms with van der Waals surface area (Å²) in [5.74, 6) is -0.126. The SMILES string of the molecule is CCOC(=O)c1coc2c1C(=O)CC(c1ccccc1Cl)C2. The van der Waals surface area contributed by atoms with E-state index in [1.807, 2.05) is 24.3 Å². The first kappa shape index (κ1) is 14.9. The maximum absolute atomic E-state index is 12.5. The highest BCUT2D eigenvalue weighted by atomic mass is 35.5. The van der Waals surface area contributed by atoms with Gasteiger partial charge in [0.25, 0.3) is 0 Å². The van der Waals surface area contributed by atoms with Crippen LogP contribution in [0.4, 0.5) is 0 Å². The van der Waals surface area contributed by atoms with Gasteiger partial charge in [-0.2, -0.15) is 0 Å². The molecule has 1 heterocycles. The maximum Gasteiger partial charge on any atom is 0.342 e. The van der Waals surface area contributed by atoms with E-state index in [0.29, 0.717) is 29.2 Å². The molecule has 0 bridgehead atoms. The van der Waals surface area contributed by atoms with Crippen molar-refractivity contribution in [1.29, 1.82) is 0 Å². The number of hydrogen-bond acceptors (Lipinski definition) is 4. The zero-order valence-electron chi connectivity index (χ0n) is 12.1. The van der Waals surface area contributed by atoms with Gasteiger partial charge in [-0.3, -0.25) is 4.79 Å². The number of fused-ring (bicyclic) bond motifs is 1. The zero-order valence-corrected chi connectivity index (χ0v) is 12.9. The number of ketones is 1. The van der Waals surface area contributed by atoms with Crippen LogP contribution in [0.3, 0.4) is 0 Å². The zero-order chi connectivity index (χ0) is 15.7. The molecule has 0 saturated heterocycles. The predicted molar refractivity (Wildman–Crippen MR) is 81.5 cm³/mol. The summed E-state index contributed by atoms with van der Waals surface area (Å²) in [5, 5.41) is 0.640. The molecule has 4 nitrogen and oxygen atoms in total. The predicted octanol–water partition coefficient (Wildman–Crippen LogP) is 4.02. The number of esters is 1. The maximum atomic E-state index is 12.5. The number of halogens is 1. The molecule has 1 atom stereocenters. The number of carbonyl (C=O) groups is 2. The Balaban J connectivity index is 1.93. The van der Waals surface area contributed by atoms with Crippen molar-refractivity contribution in [3.63, 3.8) is 0 Å². The Morgan fingerprint density at radius 2 is 2.14 bits per heavy atom. The average Bonchev–Trinajstić information content (AvgIpc) is 2.92. The molecule has 1 aliphatic carbocycles. The van der Waals surface area contributed by atoms with Crippen molar-refractivity contribution in [2.45, 2.75) is 25.7 Å². The van der Waals surface area contributed by atoms with Gasteiger partial charge in [0.2, 0.25) is 0 Å². The molecule has 0 saturated carbocycles. The highest BCUT2D eigenvalue weighted by Crippen LogP contribution is 2.37. The summed E-state index contributed by atoms with van der Waals surface area (Å²) in [4.78, 5) is 24.3. The Bertz CT molecular complexity index is 732. The van der Waals surface area contributed by atoms with E-state index in [0.717, 1.165) is 5.56 Å². The van der Waals surface area contributed by atoms with Crippen LogP contribution in [0.1, 0.15) is 51.3 Å². The minimum absolute atomic E-state index is 0.0325. The third kappa shape index (κ3) is 2.55. The Hall–Kier alpha value is -2.07. The summed E-state index contributed by atoms with van der Waals surface area (Å²) in [6.07, 6.45) is 2.17. The summed E-state index contributed by atoms with van der Waals surface area (Å²) >= 11 is 6.21. The molecule has 0 spiro atoms. The number of ether oxygens (including phenoxy) is 1. The van der Waals surface area contributed by atoms with Gasteiger partial charge in [0.1, 0.15) is 17.6 Å². The van der Waals surface area contributed by atoms with E-state index < -0.39 is 5.97 Å². The summed E-state index contributed by atoms with van der Waals surface area (Å²) in [5.41, 5.74) is 1.51. The van der Waals surface area contributed by atoms with Crippen LogP contribution in [0.15, 0.2) is 34.9 Å². The normalized spacial score (nSPS) is 17.2. The van der Waals surface area contributed by atoms with Crippen molar-refractivity contribution in [2.75, 3.05) is 6.61 Å². The number of carbonyl (C=O) groups excluding carboxylic acids is 2. The fourth-order valence-corrected chi connectivity index (χ4v) is 3.15. The van der Waals surface area contributed by atoms with Gasteiger partial charge in [-0.1, -0.05) is 29.8 Å². The molecule has 114 valence electrons. The quantitative estimate of drug-likeness (QED) is 0.802. The fourth-order valence-electron chi connectivity index (χ4n) is 2.86. The van der Waals surface area contributed by atoms with E-state index >= 15 is 0 Å². The van der Waals surface area contributed by atoms with Gasteiger partial charge in [0.05, 0.1) is 12.2 Å². The monoisotopic (exact) mass is 318 g/mol. The van der Waals surface area contributed by atoms with Gasteiger partial charge in [-0.15, -0.1) is 0 Å². The van der Waals surface area contributed by atoms with E-state index in [1.54, 1.807) is 6.92 Å². The first-order chi connectivity index (χ1) is 10.6. The minimum Gasteiger partial charge on any atom is -0.468 e. The molecule has 0 aliphatic heterocycles. The van der Waals surface area contributed by atoms with Crippen molar-refractivity contribution in [2.24, 2.45) is 0 Å². The summed E-state index contributed by atoms with van der Waals surface area (Å²) in [6, 6.07) is 7.48. The molecule has 2 aromatic rings. The number of Topliss-reactive ketones (excluding diaryl/α,β-unsaturated/α-hetero) is 1. The molecule has 0 fully saturated rings. The standard InChI is InChI=1S/C17H15ClO4/c1-2-21-17(20)12-9-22-15-8-10(7-14(19)16(12)15)11-5-3-4-6-13(11)18/h3-6,9-10H,2,7-8H2,1H3. The molecule has 1 aromatic carbocycles. The summed E-state index contributed by atoms with van der Waals surface area (Å²) < 4.78 is 10.4. The molecule has 1 aromatic heterocycles. The average molecular weight is 319 g/mol. The van der Waals surface area contributed by atoms with E-state index in [-0.39, 0.29) is 23.9 Å². The lowest BCUT2D eigenvalue weighted by Gasteiger charge is -2.22. The highest BCUT2D eigenvalue weighted by molar-refractivity contribution is 6.31. The second kappa shape index (κ2) is 5.97.